The summed E-state index contributed by atoms with van der Waals surface area (Å²) in [6.07, 6.45) is 1.64. The molecule has 0 aromatic heterocycles. The normalized spacial score (nSPS) is 23.1. The zero-order valence-electron chi connectivity index (χ0n) is 7.91. The molecular formula is C8H16N4. The Morgan fingerprint density at radius 2 is 2.17 bits per heavy atom. The van der Waals surface area contributed by atoms with E-state index >= 15 is 0 Å². The Morgan fingerprint density at radius 3 is 2.67 bits per heavy atom. The first-order valence-electron chi connectivity index (χ1n) is 4.19. The van der Waals surface area contributed by atoms with E-state index in [0.29, 0.717) is 12.3 Å². The second-order valence-corrected chi connectivity index (χ2v) is 3.13. The smallest absolute Gasteiger partial charge is 0.143 e. The first-order valence-corrected chi connectivity index (χ1v) is 4.19. The van der Waals surface area contributed by atoms with Gasteiger partial charge in [0.2, 0.25) is 0 Å². The van der Waals surface area contributed by atoms with Crippen molar-refractivity contribution in [1.82, 2.24) is 4.90 Å². The molecular weight excluding hydrogens is 152 g/mol. The van der Waals surface area contributed by atoms with Gasteiger partial charge in [-0.2, -0.15) is 0 Å². The summed E-state index contributed by atoms with van der Waals surface area (Å²) in [6, 6.07) is 0. The van der Waals surface area contributed by atoms with Crippen molar-refractivity contribution in [3.63, 3.8) is 0 Å². The van der Waals surface area contributed by atoms with Gasteiger partial charge in [-0.3, -0.25) is 0 Å². The van der Waals surface area contributed by atoms with Gasteiger partial charge in [0, 0.05) is 14.1 Å². The Bertz CT molecular complexity index is 217. The van der Waals surface area contributed by atoms with E-state index in [9.17, 15) is 0 Å². The van der Waals surface area contributed by atoms with E-state index in [2.05, 4.69) is 16.9 Å². The van der Waals surface area contributed by atoms with Crippen molar-refractivity contribution in [3.8, 4) is 0 Å². The molecule has 1 atom stereocenters. The number of nitrogens with two attached hydrogens (primary N) is 1. The van der Waals surface area contributed by atoms with Gasteiger partial charge in [0.1, 0.15) is 17.8 Å². The number of amidine groups is 2. The second kappa shape index (κ2) is 3.56. The van der Waals surface area contributed by atoms with Crippen LogP contribution in [0.1, 0.15) is 19.8 Å². The molecule has 1 aliphatic rings. The van der Waals surface area contributed by atoms with Crippen LogP contribution in [-0.4, -0.2) is 36.8 Å². The van der Waals surface area contributed by atoms with E-state index in [1.165, 1.54) is 0 Å². The third-order valence-corrected chi connectivity index (χ3v) is 1.83. The minimum absolute atomic E-state index is 0.0381. The molecule has 0 radical (unpaired) electrons. The molecule has 68 valence electrons. The van der Waals surface area contributed by atoms with Gasteiger partial charge in [0.15, 0.2) is 0 Å². The molecule has 0 aliphatic carbocycles. The molecule has 0 bridgehead atoms. The number of hydrogen-bond acceptors (Lipinski definition) is 4. The lowest BCUT2D eigenvalue weighted by atomic mass is 10.2. The summed E-state index contributed by atoms with van der Waals surface area (Å²) in [5.74, 6) is 1.72. The average Bonchev–Trinajstić information content (AvgIpc) is 2.03. The summed E-state index contributed by atoms with van der Waals surface area (Å²) in [4.78, 5) is 10.6. The van der Waals surface area contributed by atoms with Crippen LogP contribution in [0.15, 0.2) is 9.98 Å². The summed E-state index contributed by atoms with van der Waals surface area (Å²) < 4.78 is 0. The highest BCUT2D eigenvalue weighted by Gasteiger charge is 2.14. The van der Waals surface area contributed by atoms with Gasteiger partial charge in [0.25, 0.3) is 0 Å². The van der Waals surface area contributed by atoms with E-state index in [1.807, 2.05) is 19.0 Å². The molecule has 0 amide bonds. The maximum absolute atomic E-state index is 5.67. The van der Waals surface area contributed by atoms with Crippen molar-refractivity contribution >= 4 is 11.7 Å². The first kappa shape index (κ1) is 9.03. The predicted molar refractivity (Wildman–Crippen MR) is 51.4 cm³/mol. The summed E-state index contributed by atoms with van der Waals surface area (Å²) in [5, 5.41) is 0. The van der Waals surface area contributed by atoms with Crippen molar-refractivity contribution < 1.29 is 0 Å². The Balaban J connectivity index is 2.73. The van der Waals surface area contributed by atoms with E-state index in [-0.39, 0.29) is 6.17 Å². The van der Waals surface area contributed by atoms with Gasteiger partial charge in [-0.25, -0.2) is 9.98 Å². The van der Waals surface area contributed by atoms with Crippen molar-refractivity contribution in [3.05, 3.63) is 0 Å². The van der Waals surface area contributed by atoms with E-state index in [1.54, 1.807) is 0 Å². The molecule has 1 rings (SSSR count). The molecule has 12 heavy (non-hydrogen) atoms. The summed E-state index contributed by atoms with van der Waals surface area (Å²) >= 11 is 0. The quantitative estimate of drug-likeness (QED) is 0.617. The van der Waals surface area contributed by atoms with Crippen LogP contribution >= 0.6 is 0 Å². The summed E-state index contributed by atoms with van der Waals surface area (Å²) in [7, 11) is 3.95. The molecule has 2 N–H and O–H groups in total. The molecule has 0 saturated heterocycles. The molecule has 1 aliphatic heterocycles. The van der Waals surface area contributed by atoms with Crippen LogP contribution in [-0.2, 0) is 0 Å². The van der Waals surface area contributed by atoms with Gasteiger partial charge in [0.05, 0.1) is 6.42 Å². The molecule has 4 heteroatoms. The lowest BCUT2D eigenvalue weighted by Crippen LogP contribution is -2.33. The molecule has 1 heterocycles. The van der Waals surface area contributed by atoms with Crippen LogP contribution in [0, 0.1) is 0 Å². The highest BCUT2D eigenvalue weighted by atomic mass is 15.2. The van der Waals surface area contributed by atoms with Crippen molar-refractivity contribution in [1.29, 1.82) is 0 Å². The van der Waals surface area contributed by atoms with Crippen LogP contribution < -0.4 is 5.73 Å². The van der Waals surface area contributed by atoms with Gasteiger partial charge in [-0.1, -0.05) is 6.92 Å². The molecule has 0 fully saturated rings. The number of rotatable bonds is 1. The fraction of sp³-hybridized carbons (Fsp3) is 0.750. The lowest BCUT2D eigenvalue weighted by Gasteiger charge is -2.21. The molecule has 0 saturated carbocycles. The Hall–Kier alpha value is -1.06. The van der Waals surface area contributed by atoms with E-state index in [0.717, 1.165) is 12.3 Å². The van der Waals surface area contributed by atoms with Crippen molar-refractivity contribution in [2.24, 2.45) is 15.7 Å². The maximum Gasteiger partial charge on any atom is 0.143 e. The van der Waals surface area contributed by atoms with Gasteiger partial charge in [-0.05, 0) is 6.42 Å². The highest BCUT2D eigenvalue weighted by molar-refractivity contribution is 6.02. The van der Waals surface area contributed by atoms with Crippen LogP contribution in [0.2, 0.25) is 0 Å². The number of hydrogen-bond donors (Lipinski definition) is 1. The van der Waals surface area contributed by atoms with Crippen LogP contribution in [0.25, 0.3) is 0 Å². The lowest BCUT2D eigenvalue weighted by molar-refractivity contribution is 0.578. The Kier molecular flexibility index (Phi) is 2.68. The largest absolute Gasteiger partial charge is 0.387 e. The standard InChI is InChI=1S/C8H16N4/c1-4-7-10-6(9)5-8(11-7)12(2)3/h7H,4-5H2,1-3H3,(H2,9,10). The van der Waals surface area contributed by atoms with Crippen LogP contribution in [0.3, 0.4) is 0 Å². The zero-order valence-corrected chi connectivity index (χ0v) is 7.91. The highest BCUT2D eigenvalue weighted by Crippen LogP contribution is 2.08. The first-order chi connectivity index (χ1) is 5.63. The van der Waals surface area contributed by atoms with Crippen molar-refractivity contribution in [2.75, 3.05) is 14.1 Å². The molecule has 0 aromatic carbocycles. The number of nitrogens with zero attached hydrogens (tertiary/aromatic N) is 3. The molecule has 0 spiro atoms. The topological polar surface area (TPSA) is 54.0 Å². The maximum atomic E-state index is 5.67. The SMILES string of the molecule is CCC1N=C(N)CC(N(C)C)=N1. The fourth-order valence-corrected chi connectivity index (χ4v) is 1.10. The van der Waals surface area contributed by atoms with E-state index < -0.39 is 0 Å². The van der Waals surface area contributed by atoms with E-state index in [4.69, 9.17) is 5.73 Å². The Labute approximate surface area is 73.2 Å². The van der Waals surface area contributed by atoms with Gasteiger partial charge < -0.3 is 10.6 Å². The van der Waals surface area contributed by atoms with Crippen LogP contribution in [0.4, 0.5) is 0 Å². The third kappa shape index (κ3) is 1.96. The molecule has 1 unspecified atom stereocenters. The molecule has 4 nitrogen and oxygen atoms in total. The third-order valence-electron chi connectivity index (χ3n) is 1.83. The van der Waals surface area contributed by atoms with Gasteiger partial charge in [-0.15, -0.1) is 0 Å². The predicted octanol–water partition coefficient (Wildman–Crippen LogP) is 0.444. The average molecular weight is 168 g/mol. The second-order valence-electron chi connectivity index (χ2n) is 3.13. The van der Waals surface area contributed by atoms with Gasteiger partial charge >= 0.3 is 0 Å². The minimum atomic E-state index is 0.0381. The zero-order chi connectivity index (χ0) is 9.14. The van der Waals surface area contributed by atoms with Crippen molar-refractivity contribution in [2.45, 2.75) is 25.9 Å². The number of aliphatic imine (C=N–C) groups is 2. The minimum Gasteiger partial charge on any atom is -0.387 e. The molecule has 0 aromatic rings. The monoisotopic (exact) mass is 168 g/mol. The van der Waals surface area contributed by atoms with Crippen LogP contribution in [0.5, 0.6) is 0 Å². The fourth-order valence-electron chi connectivity index (χ4n) is 1.10. The summed E-state index contributed by atoms with van der Waals surface area (Å²) in [6.45, 7) is 2.06. The summed E-state index contributed by atoms with van der Waals surface area (Å²) in [5.41, 5.74) is 5.67. The Morgan fingerprint density at radius 1 is 1.50 bits per heavy atom.